The van der Waals surface area contributed by atoms with Gasteiger partial charge in [-0.25, -0.2) is 4.79 Å². The summed E-state index contributed by atoms with van der Waals surface area (Å²) in [5, 5.41) is 29.4. The Bertz CT molecular complexity index is 700. The first-order chi connectivity index (χ1) is 12.9. The second-order valence-electron chi connectivity index (χ2n) is 6.91. The van der Waals surface area contributed by atoms with Crippen LogP contribution in [0.3, 0.4) is 0 Å². The van der Waals surface area contributed by atoms with Crippen molar-refractivity contribution in [1.29, 1.82) is 0 Å². The minimum absolute atomic E-state index is 0.0174. The summed E-state index contributed by atoms with van der Waals surface area (Å²) < 4.78 is 26.9. The fourth-order valence-electron chi connectivity index (χ4n) is 3.84. The van der Waals surface area contributed by atoms with Gasteiger partial charge < -0.3 is 39.0 Å². The highest BCUT2D eigenvalue weighted by molar-refractivity contribution is 5.92. The number of hydrogen-bond donors (Lipinski definition) is 3. The Kier molecular flexibility index (Phi) is 4.68. The Morgan fingerprint density at radius 2 is 2.00 bits per heavy atom. The number of aliphatic hydroxyl groups excluding tert-OH is 3. The molecule has 0 spiro atoms. The van der Waals surface area contributed by atoms with Crippen molar-refractivity contribution in [3.8, 4) is 0 Å². The highest BCUT2D eigenvalue weighted by atomic mass is 16.8. The van der Waals surface area contributed by atoms with Gasteiger partial charge in [-0.1, -0.05) is 0 Å². The summed E-state index contributed by atoms with van der Waals surface area (Å²) in [6.45, 7) is 1.05. The van der Waals surface area contributed by atoms with Gasteiger partial charge in [-0.2, -0.15) is 0 Å². The van der Waals surface area contributed by atoms with Crippen LogP contribution >= 0.6 is 0 Å². The van der Waals surface area contributed by atoms with E-state index in [-0.39, 0.29) is 19.1 Å². The van der Waals surface area contributed by atoms with Gasteiger partial charge in [0.15, 0.2) is 6.29 Å². The Balaban J connectivity index is 1.55. The molecular weight excluding hydrogens is 364 g/mol. The smallest absolute Gasteiger partial charge is 0.338 e. The molecule has 3 N–H and O–H groups in total. The van der Waals surface area contributed by atoms with Crippen LogP contribution in [-0.4, -0.2) is 77.5 Å². The van der Waals surface area contributed by atoms with Gasteiger partial charge in [0, 0.05) is 12.8 Å². The van der Waals surface area contributed by atoms with Gasteiger partial charge in [0.1, 0.15) is 31.0 Å². The Hall–Kier alpha value is -1.98. The van der Waals surface area contributed by atoms with Crippen molar-refractivity contribution in [3.05, 3.63) is 23.5 Å². The summed E-state index contributed by atoms with van der Waals surface area (Å²) in [5.74, 6) is -1.81. The number of carbonyl (C=O) groups excluding carboxylic acids is 2. The predicted molar refractivity (Wildman–Crippen MR) is 83.4 cm³/mol. The molecule has 0 radical (unpaired) electrons. The monoisotopic (exact) mass is 384 g/mol. The molecule has 10 heteroatoms. The summed E-state index contributed by atoms with van der Waals surface area (Å²) in [7, 11) is 0. The molecule has 0 aromatic rings. The van der Waals surface area contributed by atoms with E-state index in [1.165, 1.54) is 13.2 Å². The van der Waals surface area contributed by atoms with E-state index in [2.05, 4.69) is 0 Å². The summed E-state index contributed by atoms with van der Waals surface area (Å²) >= 11 is 0. The molecule has 4 rings (SSSR count). The maximum atomic E-state index is 11.9. The van der Waals surface area contributed by atoms with Crippen LogP contribution < -0.4 is 0 Å². The molecule has 2 saturated heterocycles. The van der Waals surface area contributed by atoms with Crippen LogP contribution in [0, 0.1) is 11.8 Å². The average molecular weight is 384 g/mol. The highest BCUT2D eigenvalue weighted by Crippen LogP contribution is 2.49. The fraction of sp³-hybridized carbons (Fsp3) is 0.647. The standard InChI is InChI=1S/C17H20O10/c1-6(18)23-3-7-2-10-12-8(15(22)26-10)4-24-16(11(7)12)27-17-14(21)13(20)9(19)5-25-17/h2,4,9-14,16-17,19-21H,3,5H2,1H3. The number of ether oxygens (including phenoxy) is 5. The molecule has 3 heterocycles. The van der Waals surface area contributed by atoms with E-state index < -0.39 is 54.9 Å². The second kappa shape index (κ2) is 6.88. The number of hydrogen-bond acceptors (Lipinski definition) is 10. The normalized spacial score (nSPS) is 42.6. The molecule has 0 aromatic heterocycles. The fourth-order valence-corrected chi connectivity index (χ4v) is 3.84. The van der Waals surface area contributed by atoms with Crippen molar-refractivity contribution in [2.24, 2.45) is 11.8 Å². The minimum Gasteiger partial charge on any atom is -0.471 e. The van der Waals surface area contributed by atoms with Crippen LogP contribution in [0.15, 0.2) is 23.5 Å². The number of aliphatic hydroxyl groups is 3. The lowest BCUT2D eigenvalue weighted by atomic mass is 9.84. The zero-order chi connectivity index (χ0) is 19.3. The lowest BCUT2D eigenvalue weighted by Gasteiger charge is -2.39. The quantitative estimate of drug-likeness (QED) is 0.381. The molecule has 148 valence electrons. The molecule has 0 amide bonds. The average Bonchev–Trinajstić information content (AvgIpc) is 3.14. The van der Waals surface area contributed by atoms with Crippen molar-refractivity contribution in [3.63, 3.8) is 0 Å². The first kappa shape index (κ1) is 18.4. The van der Waals surface area contributed by atoms with E-state index in [1.807, 2.05) is 0 Å². The molecule has 10 nitrogen and oxygen atoms in total. The van der Waals surface area contributed by atoms with Gasteiger partial charge >= 0.3 is 11.9 Å². The molecule has 27 heavy (non-hydrogen) atoms. The van der Waals surface area contributed by atoms with Crippen molar-refractivity contribution in [1.82, 2.24) is 0 Å². The molecule has 3 aliphatic heterocycles. The topological polar surface area (TPSA) is 141 Å². The Labute approximate surface area is 153 Å². The molecule has 4 aliphatic rings. The second-order valence-corrected chi connectivity index (χ2v) is 6.91. The van der Waals surface area contributed by atoms with Crippen LogP contribution in [-0.2, 0) is 33.3 Å². The van der Waals surface area contributed by atoms with Crippen molar-refractivity contribution >= 4 is 11.9 Å². The third-order valence-corrected chi connectivity index (χ3v) is 5.17. The van der Waals surface area contributed by atoms with Gasteiger partial charge in [0.2, 0.25) is 6.29 Å². The molecule has 8 unspecified atom stereocenters. The zero-order valence-electron chi connectivity index (χ0n) is 14.4. The van der Waals surface area contributed by atoms with Gasteiger partial charge in [0.25, 0.3) is 0 Å². The number of esters is 2. The maximum Gasteiger partial charge on any atom is 0.338 e. The summed E-state index contributed by atoms with van der Waals surface area (Å²) in [4.78, 5) is 23.1. The third kappa shape index (κ3) is 3.13. The first-order valence-corrected chi connectivity index (χ1v) is 8.58. The number of carbonyl (C=O) groups is 2. The number of rotatable bonds is 4. The largest absolute Gasteiger partial charge is 0.471 e. The van der Waals surface area contributed by atoms with E-state index in [9.17, 15) is 24.9 Å². The van der Waals surface area contributed by atoms with E-state index in [1.54, 1.807) is 6.08 Å². The van der Waals surface area contributed by atoms with Gasteiger partial charge in [-0.3, -0.25) is 4.79 Å². The molecule has 0 aromatic carbocycles. The zero-order valence-corrected chi connectivity index (χ0v) is 14.4. The summed E-state index contributed by atoms with van der Waals surface area (Å²) in [6, 6.07) is 0. The van der Waals surface area contributed by atoms with Crippen LogP contribution in [0.2, 0.25) is 0 Å². The minimum atomic E-state index is -1.48. The molecule has 2 fully saturated rings. The highest BCUT2D eigenvalue weighted by Gasteiger charge is 2.56. The van der Waals surface area contributed by atoms with Crippen LogP contribution in [0.25, 0.3) is 0 Å². The first-order valence-electron chi connectivity index (χ1n) is 8.58. The van der Waals surface area contributed by atoms with Gasteiger partial charge in [-0.15, -0.1) is 0 Å². The van der Waals surface area contributed by atoms with E-state index >= 15 is 0 Å². The van der Waals surface area contributed by atoms with Crippen LogP contribution in [0.1, 0.15) is 6.92 Å². The van der Waals surface area contributed by atoms with E-state index in [0.717, 1.165) is 0 Å². The van der Waals surface area contributed by atoms with Crippen molar-refractivity contribution in [2.45, 2.75) is 43.9 Å². The Morgan fingerprint density at radius 1 is 1.22 bits per heavy atom. The molecule has 0 saturated carbocycles. The van der Waals surface area contributed by atoms with Crippen molar-refractivity contribution < 1.29 is 48.6 Å². The molecule has 0 bridgehead atoms. The lowest BCUT2D eigenvalue weighted by Crippen LogP contribution is -2.55. The lowest BCUT2D eigenvalue weighted by molar-refractivity contribution is -0.318. The maximum absolute atomic E-state index is 11.9. The molecular formula is C17H20O10. The SMILES string of the molecule is CC(=O)OCC1=CC2OC(=O)C3=COC(OC4OCC(O)C(O)C4O)C1C32. The summed E-state index contributed by atoms with van der Waals surface area (Å²) in [5.41, 5.74) is 1.02. The van der Waals surface area contributed by atoms with Crippen LogP contribution in [0.4, 0.5) is 0 Å². The predicted octanol–water partition coefficient (Wildman–Crippen LogP) is -1.66. The third-order valence-electron chi connectivity index (χ3n) is 5.17. The van der Waals surface area contributed by atoms with Crippen molar-refractivity contribution in [2.75, 3.05) is 13.2 Å². The van der Waals surface area contributed by atoms with Gasteiger partial charge in [-0.05, 0) is 11.6 Å². The summed E-state index contributed by atoms with van der Waals surface area (Å²) in [6.07, 6.45) is -3.90. The van der Waals surface area contributed by atoms with Crippen LogP contribution in [0.5, 0.6) is 0 Å². The van der Waals surface area contributed by atoms with Gasteiger partial charge in [0.05, 0.1) is 24.4 Å². The molecule has 8 atom stereocenters. The Morgan fingerprint density at radius 3 is 2.74 bits per heavy atom. The van der Waals surface area contributed by atoms with E-state index in [4.69, 9.17) is 23.7 Å². The van der Waals surface area contributed by atoms with E-state index in [0.29, 0.717) is 11.1 Å². The molecule has 1 aliphatic carbocycles.